The van der Waals surface area contributed by atoms with Crippen molar-refractivity contribution in [3.8, 4) is 11.2 Å². The Hall–Kier alpha value is -5.51. The Morgan fingerprint density at radius 1 is 1.02 bits per heavy atom. The van der Waals surface area contributed by atoms with Gasteiger partial charge in [-0.2, -0.15) is 28.1 Å². The molecule has 4 rings (SSSR count). The molecule has 0 saturated heterocycles. The van der Waals surface area contributed by atoms with Crippen LogP contribution in [-0.2, 0) is 21.0 Å². The van der Waals surface area contributed by atoms with Gasteiger partial charge in [-0.1, -0.05) is 28.6 Å². The Morgan fingerprint density at radius 3 is 2.24 bits per heavy atom. The van der Waals surface area contributed by atoms with Crippen molar-refractivity contribution < 1.29 is 54.9 Å². The number of sulfonamides is 1. The van der Waals surface area contributed by atoms with Crippen LogP contribution in [0.1, 0.15) is 35.0 Å². The summed E-state index contributed by atoms with van der Waals surface area (Å²) in [5.41, 5.74) is -0.0197. The van der Waals surface area contributed by atoms with Crippen LogP contribution in [-0.4, -0.2) is 76.3 Å². The molecule has 0 aliphatic rings. The van der Waals surface area contributed by atoms with E-state index in [4.69, 9.17) is 14.6 Å². The summed E-state index contributed by atoms with van der Waals surface area (Å²) in [4.78, 5) is 47.5. The number of nitrogens with zero attached hydrogens (tertiary/aromatic N) is 6. The molecule has 0 atom stereocenters. The average molecular weight is 731 g/mol. The van der Waals surface area contributed by atoms with Gasteiger partial charge in [0, 0.05) is 11.7 Å². The molecule has 2 aromatic heterocycles. The zero-order valence-corrected chi connectivity index (χ0v) is 27.4. The van der Waals surface area contributed by atoms with Gasteiger partial charge < -0.3 is 19.5 Å². The molecule has 0 bridgehead atoms. The van der Waals surface area contributed by atoms with E-state index in [1.807, 2.05) is 0 Å². The Morgan fingerprint density at radius 2 is 1.67 bits per heavy atom. The maximum absolute atomic E-state index is 13.0. The normalized spacial score (nSPS) is 11.2. The van der Waals surface area contributed by atoms with Gasteiger partial charge in [0.05, 0.1) is 12.7 Å². The largest absolute Gasteiger partial charge is 0.478 e. The average Bonchev–Trinajstić information content (AvgIpc) is 3.51. The number of aryl methyl sites for hydroxylation is 1. The molecule has 4 aromatic rings. The molecule has 3 amide bonds. The van der Waals surface area contributed by atoms with Crippen LogP contribution in [0, 0.1) is 12.7 Å². The quantitative estimate of drug-likeness (QED) is 0.198. The molecular formula is C27H26F4N8O8S2. The fraction of sp³-hybridized carbons (Fsp3) is 0.259. The van der Waals surface area contributed by atoms with Gasteiger partial charge in [-0.05, 0) is 57.2 Å². The smallest absolute Gasteiger partial charge is 0.445 e. The van der Waals surface area contributed by atoms with E-state index in [1.54, 1.807) is 18.6 Å². The molecule has 16 nitrogen and oxygen atoms in total. The van der Waals surface area contributed by atoms with Crippen molar-refractivity contribution in [3.05, 3.63) is 70.7 Å². The van der Waals surface area contributed by atoms with Crippen molar-refractivity contribution in [2.45, 2.75) is 37.9 Å². The van der Waals surface area contributed by atoms with Crippen LogP contribution in [0.15, 0.2) is 53.4 Å². The fourth-order valence-electron chi connectivity index (χ4n) is 3.69. The van der Waals surface area contributed by atoms with E-state index in [2.05, 4.69) is 30.5 Å². The third-order valence-electron chi connectivity index (χ3n) is 5.63. The number of carboxylic acid groups (broad SMARTS) is 1. The molecule has 0 unspecified atom stereocenters. The number of benzene rings is 2. The molecule has 0 radical (unpaired) electrons. The third kappa shape index (κ3) is 10.8. The summed E-state index contributed by atoms with van der Waals surface area (Å²) >= 11 is 0.210. The van der Waals surface area contributed by atoms with Crippen molar-refractivity contribution in [2.24, 2.45) is 0 Å². The number of amides is 3. The molecular weight excluding hydrogens is 704 g/mol. The van der Waals surface area contributed by atoms with Crippen molar-refractivity contribution in [3.63, 3.8) is 0 Å². The highest BCUT2D eigenvalue weighted by Gasteiger charge is 2.36. The summed E-state index contributed by atoms with van der Waals surface area (Å²) in [6.07, 6.45) is -4.61. The molecule has 2 heterocycles. The monoisotopic (exact) mass is 730 g/mol. The van der Waals surface area contributed by atoms with Gasteiger partial charge in [0.1, 0.15) is 16.5 Å². The number of alkyl halides is 3. The second-order valence-electron chi connectivity index (χ2n) is 9.55. The number of anilines is 2. The molecule has 0 spiro atoms. The number of urea groups is 1. The number of aromatic nitrogens is 5. The summed E-state index contributed by atoms with van der Waals surface area (Å²) in [5, 5.41) is 15.9. The first-order valence-electron chi connectivity index (χ1n) is 13.4. The zero-order chi connectivity index (χ0) is 36.5. The molecule has 49 heavy (non-hydrogen) atoms. The Balaban J connectivity index is 0.000000266. The highest BCUT2D eigenvalue weighted by molar-refractivity contribution is 7.90. The molecule has 22 heteroatoms. The number of carbonyl (C=O) groups is 3. The number of hydrogen-bond acceptors (Lipinski definition) is 13. The lowest BCUT2D eigenvalue weighted by atomic mass is 10.2. The number of aromatic carboxylic acids is 1. The Bertz CT molecular complexity index is 1910. The van der Waals surface area contributed by atoms with Gasteiger partial charge >= 0.3 is 24.2 Å². The van der Waals surface area contributed by atoms with E-state index in [0.717, 1.165) is 12.1 Å². The summed E-state index contributed by atoms with van der Waals surface area (Å²) in [7, 11) is -3.11. The van der Waals surface area contributed by atoms with E-state index in [9.17, 15) is 40.4 Å². The lowest BCUT2D eigenvalue weighted by molar-refractivity contribution is -0.138. The molecule has 0 fully saturated rings. The number of nitrogens with one attached hydrogen (secondary N) is 2. The maximum atomic E-state index is 13.0. The van der Waals surface area contributed by atoms with E-state index < -0.39 is 62.0 Å². The van der Waals surface area contributed by atoms with Crippen LogP contribution >= 0.6 is 11.3 Å². The molecule has 0 saturated carbocycles. The minimum atomic E-state index is -4.61. The van der Waals surface area contributed by atoms with Crippen LogP contribution in [0.2, 0.25) is 0 Å². The number of halogens is 4. The third-order valence-corrected chi connectivity index (χ3v) is 7.90. The number of methoxy groups -OCH3 is 1. The summed E-state index contributed by atoms with van der Waals surface area (Å²) in [6, 6.07) is 8.64. The first kappa shape index (κ1) is 37.9. The highest BCUT2D eigenvalue weighted by atomic mass is 32.2. The van der Waals surface area contributed by atoms with Gasteiger partial charge in [0.2, 0.25) is 11.0 Å². The second-order valence-corrected chi connectivity index (χ2v) is 12.1. The van der Waals surface area contributed by atoms with Crippen molar-refractivity contribution in [1.29, 1.82) is 0 Å². The highest BCUT2D eigenvalue weighted by Crippen LogP contribution is 2.34. The lowest BCUT2D eigenvalue weighted by Crippen LogP contribution is -2.40. The van der Waals surface area contributed by atoms with Gasteiger partial charge in [0.15, 0.2) is 6.61 Å². The standard InChI is InChI=1S/C14H13F4N3O2S.C13H13N5O6S/c1-8(2)21(10-5-3-9(15)4-6-10)11(22)7-23-13-20-19-12(24-13)14(16,17)18;1-7-14-11(17-13(15-7)24-2)16-12(21)18-25(22,23)9-6-4-3-5-8(9)10(19)20/h3-6,8H,7H2,1-2H3;3-6H,1-2H3,(H,19,20)(H2,14,15,16,17,18,21). The zero-order valence-electron chi connectivity index (χ0n) is 25.7. The number of carbonyl (C=O) groups excluding carboxylic acids is 2. The summed E-state index contributed by atoms with van der Waals surface area (Å²) in [5.74, 6) is -2.39. The van der Waals surface area contributed by atoms with Crippen molar-refractivity contribution in [2.75, 3.05) is 23.9 Å². The Kier molecular flexibility index (Phi) is 12.4. The molecule has 262 valence electrons. The van der Waals surface area contributed by atoms with Crippen LogP contribution in [0.25, 0.3) is 0 Å². The van der Waals surface area contributed by atoms with Gasteiger partial charge in [-0.15, -0.1) is 5.10 Å². The van der Waals surface area contributed by atoms with Crippen molar-refractivity contribution >= 4 is 50.9 Å². The lowest BCUT2D eigenvalue weighted by Gasteiger charge is -2.26. The van der Waals surface area contributed by atoms with E-state index in [-0.39, 0.29) is 40.4 Å². The number of carboxylic acids is 1. The van der Waals surface area contributed by atoms with Gasteiger partial charge in [-0.3, -0.25) is 10.1 Å². The topological polar surface area (TPSA) is 216 Å². The Labute approximate surface area is 279 Å². The second kappa shape index (κ2) is 16.1. The fourth-order valence-corrected chi connectivity index (χ4v) is 5.36. The predicted molar refractivity (Wildman–Crippen MR) is 163 cm³/mol. The first-order chi connectivity index (χ1) is 22.9. The van der Waals surface area contributed by atoms with Crippen LogP contribution in [0.4, 0.5) is 34.0 Å². The summed E-state index contributed by atoms with van der Waals surface area (Å²) in [6.45, 7) is 4.50. The van der Waals surface area contributed by atoms with E-state index in [1.165, 1.54) is 55.3 Å². The predicted octanol–water partition coefficient (Wildman–Crippen LogP) is 3.91. The molecule has 0 aliphatic carbocycles. The van der Waals surface area contributed by atoms with E-state index in [0.29, 0.717) is 5.69 Å². The number of ether oxygens (including phenoxy) is 2. The number of hydrogen-bond donors (Lipinski definition) is 3. The van der Waals surface area contributed by atoms with Crippen molar-refractivity contribution in [1.82, 2.24) is 29.9 Å². The molecule has 2 aromatic carbocycles. The van der Waals surface area contributed by atoms with Crippen LogP contribution in [0.3, 0.4) is 0 Å². The maximum Gasteiger partial charge on any atom is 0.445 e. The minimum Gasteiger partial charge on any atom is -0.478 e. The van der Waals surface area contributed by atoms with Gasteiger partial charge in [0.25, 0.3) is 21.1 Å². The summed E-state index contributed by atoms with van der Waals surface area (Å²) < 4.78 is 86.3. The minimum absolute atomic E-state index is 0.0677. The van der Waals surface area contributed by atoms with Gasteiger partial charge in [-0.25, -0.2) is 27.1 Å². The van der Waals surface area contributed by atoms with Crippen LogP contribution in [0.5, 0.6) is 11.2 Å². The molecule has 3 N–H and O–H groups in total. The van der Waals surface area contributed by atoms with E-state index >= 15 is 0 Å². The molecule has 0 aliphatic heterocycles. The number of rotatable bonds is 10. The van der Waals surface area contributed by atoms with Crippen LogP contribution < -0.4 is 24.4 Å². The first-order valence-corrected chi connectivity index (χ1v) is 15.7. The SMILES string of the molecule is CC(C)N(C(=O)COc1nnc(C(F)(F)F)s1)c1ccc(F)cc1.COc1nc(C)nc(NC(=O)NS(=O)(=O)c2ccccc2C(=O)O)n1.